The number of methoxy groups -OCH3 is 1. The zero-order valence-corrected chi connectivity index (χ0v) is 83.3. The number of carbonyl (C=O) groups is 14. The van der Waals surface area contributed by atoms with Crippen molar-refractivity contribution in [2.75, 3.05) is 122 Å². The van der Waals surface area contributed by atoms with Gasteiger partial charge in [0.1, 0.15) is 54.1 Å². The Morgan fingerprint density at radius 2 is 1.27 bits per heavy atom. The maximum absolute atomic E-state index is 15.1. The van der Waals surface area contributed by atoms with Crippen LogP contribution in [0.25, 0.3) is 0 Å². The highest BCUT2D eigenvalue weighted by molar-refractivity contribution is 7.09. The average molecular weight is 1950 g/mol. The fraction of sp³-hybridized carbons (Fsp3) is 0.574. The molecule has 4 aromatic carbocycles. The van der Waals surface area contributed by atoms with Crippen molar-refractivity contribution in [2.24, 2.45) is 28.9 Å². The predicted octanol–water partition coefficient (Wildman–Crippen LogP) is 9.52. The lowest BCUT2D eigenvalue weighted by atomic mass is 9.84. The van der Waals surface area contributed by atoms with Gasteiger partial charge in [-0.25, -0.2) is 14.6 Å². The summed E-state index contributed by atoms with van der Waals surface area (Å²) in [5.74, 6) is -0.811. The van der Waals surface area contributed by atoms with Crippen LogP contribution in [0.2, 0.25) is 0 Å². The Morgan fingerprint density at radius 1 is 0.626 bits per heavy atom. The monoisotopic (exact) mass is 1950 g/mol. The molecule has 1 aromatic heterocycles. The van der Waals surface area contributed by atoms with Crippen molar-refractivity contribution < 1.29 is 105 Å². The highest BCUT2D eigenvalue weighted by Gasteiger charge is 2.40. The first kappa shape index (κ1) is 114. The number of hydrogen-bond donors (Lipinski definition) is 12. The number of ether oxygens (including phenoxy) is 7. The van der Waals surface area contributed by atoms with E-state index in [4.69, 9.17) is 43.9 Å². The number of piperidine rings is 1. The molecular weight excluding hydrogens is 1810 g/mol. The van der Waals surface area contributed by atoms with Crippen molar-refractivity contribution in [3.63, 3.8) is 0 Å². The number of anilines is 3. The summed E-state index contributed by atoms with van der Waals surface area (Å²) in [5.41, 5.74) is 9.17. The van der Waals surface area contributed by atoms with E-state index < -0.39 is 114 Å². The Bertz CT molecular complexity index is 4870. The van der Waals surface area contributed by atoms with E-state index in [1.54, 1.807) is 74.4 Å². The van der Waals surface area contributed by atoms with E-state index in [0.717, 1.165) is 68.2 Å². The number of rotatable bonds is 62. The predicted molar refractivity (Wildman–Crippen MR) is 525 cm³/mol. The number of unbranched alkanes of at least 4 members (excludes halogenated alkanes) is 3. The number of hydrogen-bond acceptors (Lipinski definition) is 24. The number of fused-ring (bicyclic) bond motifs is 2. The van der Waals surface area contributed by atoms with E-state index >= 15 is 4.79 Å². The van der Waals surface area contributed by atoms with E-state index in [1.165, 1.54) is 30.6 Å². The van der Waals surface area contributed by atoms with Crippen LogP contribution in [0, 0.1) is 35.0 Å². The van der Waals surface area contributed by atoms with Crippen LogP contribution in [0.15, 0.2) is 102 Å². The largest absolute Gasteiger partial charge is 0.481 e. The van der Waals surface area contributed by atoms with Gasteiger partial charge in [0.25, 0.3) is 5.91 Å². The molecule has 0 unspecified atom stereocenters. The number of esters is 1. The number of primary amides is 1. The summed E-state index contributed by atoms with van der Waals surface area (Å²) in [5, 5.41) is 39.8. The molecule has 3 heterocycles. The minimum absolute atomic E-state index is 0.00581. The smallest absolute Gasteiger partial charge is 0.407 e. The lowest BCUT2D eigenvalue weighted by molar-refractivity contribution is -0.147. The summed E-state index contributed by atoms with van der Waals surface area (Å²) in [4.78, 5) is 198. The standard InChI is InChI=1S/C101H145N15O22S/c1-13-16-17-23-50-115(97(127)90(68(8)14-2)113-94(125)81-31-22-24-49-114(81)11)82(66(4)5)60-83(137-15-3)96-111-79(65-139-96)93(124)108-76(61-101(9,10)98(128)129)59-69-32-38-74(39-33-69)106-86(119)62-105-100(131)138-64-70-34-40-75(41-35-70)107-91(122)77(29-25-47-104-99(102)130)110-95(126)89(67(6)7)112-92(123)78(42-45-88(121)132-12)109-85(118)46-51-133-53-55-135-57-58-136-56-54-134-52-48-103-84(117)43-44-87(120)116-63-73-28-19-18-26-71(73)36-37-72-27-20-21-30-80(72)116/h18-21,26-28,30,32-35,38-41,65-68,76-78,81-83,89-90H,13-17,22-25,29,31,42-64H2,1-12H3,(H,103,117)(H,105,131)(H,106,119)(H,107,122)(H,108,124)(H,109,118)(H,110,126)(H,112,123)(H,113,125)(H,128,129)(H3,102,104,130)/t68-,76-,77-,78-,81+,82+,83+,89-,90-/m0/s1. The summed E-state index contributed by atoms with van der Waals surface area (Å²) in [6.07, 6.45) is 5.68. The molecule has 38 heteroatoms. The first-order valence-corrected chi connectivity index (χ1v) is 49.2. The minimum atomic E-state index is -1.32. The topological polar surface area (TPSA) is 493 Å². The number of nitrogens with two attached hydrogens (primary N) is 1. The summed E-state index contributed by atoms with van der Waals surface area (Å²) in [7, 11) is 3.13. The van der Waals surface area contributed by atoms with Gasteiger partial charge in [-0.2, -0.15) is 0 Å². The van der Waals surface area contributed by atoms with Crippen LogP contribution in [-0.2, 0) is 105 Å². The van der Waals surface area contributed by atoms with Crippen LogP contribution in [0.5, 0.6) is 0 Å². The number of carbonyl (C=O) groups excluding carboxylic acids is 13. The number of urea groups is 1. The molecule has 5 aromatic rings. The molecule has 762 valence electrons. The van der Waals surface area contributed by atoms with Crippen LogP contribution in [-0.4, -0.2) is 252 Å². The third-order valence-corrected chi connectivity index (χ3v) is 25.0. The van der Waals surface area contributed by atoms with Crippen LogP contribution in [0.1, 0.15) is 228 Å². The maximum atomic E-state index is 15.1. The molecule has 0 radical (unpaired) electrons. The summed E-state index contributed by atoms with van der Waals surface area (Å²) in [6.45, 7) is 21.7. The van der Waals surface area contributed by atoms with Gasteiger partial charge in [-0.3, -0.25) is 62.4 Å². The lowest BCUT2D eigenvalue weighted by Gasteiger charge is -2.40. The second kappa shape index (κ2) is 60.8. The van der Waals surface area contributed by atoms with E-state index in [1.807, 2.05) is 81.2 Å². The van der Waals surface area contributed by atoms with E-state index in [-0.39, 0.29) is 189 Å². The number of alkyl carbamates (subject to hydrolysis) is 1. The molecule has 1 saturated heterocycles. The number of aromatic nitrogens is 1. The number of carboxylic acids is 1. The molecule has 13 amide bonds. The van der Waals surface area contributed by atoms with Gasteiger partial charge in [-0.05, 0) is 163 Å². The van der Waals surface area contributed by atoms with Crippen molar-refractivity contribution >= 4 is 112 Å². The summed E-state index contributed by atoms with van der Waals surface area (Å²) < 4.78 is 38.9. The first-order chi connectivity index (χ1) is 66.6. The van der Waals surface area contributed by atoms with Crippen LogP contribution in [0.4, 0.5) is 26.7 Å². The number of aliphatic carboxylic acids is 1. The summed E-state index contributed by atoms with van der Waals surface area (Å²) in [6, 6.07) is 21.3. The Balaban J connectivity index is 0.821. The molecule has 2 aliphatic heterocycles. The molecule has 13 N–H and O–H groups in total. The Morgan fingerprint density at radius 3 is 1.92 bits per heavy atom. The number of likely N-dealkylation sites (N-methyl/N-ethyl adjacent to an activating group) is 1. The van der Waals surface area contributed by atoms with Crippen LogP contribution >= 0.6 is 11.3 Å². The number of para-hydroxylation sites is 1. The van der Waals surface area contributed by atoms with E-state index in [9.17, 15) is 67.4 Å². The molecule has 9 atom stereocenters. The van der Waals surface area contributed by atoms with Gasteiger partial charge >= 0.3 is 24.1 Å². The quantitative estimate of drug-likeness (QED) is 0.00978. The second-order valence-corrected chi connectivity index (χ2v) is 36.9. The molecule has 0 aliphatic carbocycles. The van der Waals surface area contributed by atoms with Gasteiger partial charge in [0, 0.05) is 98.3 Å². The fourth-order valence-electron chi connectivity index (χ4n) is 15.8. The number of carboxylic acid groups (broad SMARTS) is 1. The highest BCUT2D eigenvalue weighted by atomic mass is 32.1. The van der Waals surface area contributed by atoms with E-state index in [2.05, 4.69) is 90.7 Å². The third kappa shape index (κ3) is 40.0. The van der Waals surface area contributed by atoms with Crippen molar-refractivity contribution in [1.29, 1.82) is 0 Å². The third-order valence-electron chi connectivity index (χ3n) is 24.0. The van der Waals surface area contributed by atoms with Crippen molar-refractivity contribution in [3.05, 3.63) is 141 Å². The second-order valence-electron chi connectivity index (χ2n) is 36.1. The molecule has 1 fully saturated rings. The highest BCUT2D eigenvalue weighted by Crippen LogP contribution is 2.34. The van der Waals surface area contributed by atoms with Crippen LogP contribution in [0.3, 0.4) is 0 Å². The number of benzene rings is 4. The van der Waals surface area contributed by atoms with Gasteiger partial charge in [-0.15, -0.1) is 11.3 Å². The molecule has 0 spiro atoms. The number of likely N-dealkylation sites (tertiary alicyclic amines) is 1. The minimum Gasteiger partial charge on any atom is -0.481 e. The average Bonchev–Trinajstić information content (AvgIpc) is 1.38. The van der Waals surface area contributed by atoms with Gasteiger partial charge < -0.3 is 107 Å². The Labute approximate surface area is 819 Å². The molecule has 139 heavy (non-hydrogen) atoms. The number of thiazole rings is 1. The zero-order chi connectivity index (χ0) is 101. The fourth-order valence-corrected chi connectivity index (χ4v) is 16.7. The van der Waals surface area contributed by atoms with Crippen molar-refractivity contribution in [2.45, 2.75) is 246 Å². The lowest BCUT2D eigenvalue weighted by Crippen LogP contribution is -2.59. The molecule has 0 saturated carbocycles. The normalized spacial score (nSPS) is 14.7. The summed E-state index contributed by atoms with van der Waals surface area (Å²) >= 11 is 1.26. The molecule has 2 aliphatic rings. The number of nitrogens with zero attached hydrogens (tertiary/aromatic N) is 4. The maximum Gasteiger partial charge on any atom is 0.407 e. The SMILES string of the molecule is CCCCCCN(C(=O)[C@@H](NC(=O)[C@H]1CCCCN1C)[C@@H](C)CC)[C@H](C[C@@H](OCC)c1nc(C(=O)N[C@@H](Cc2ccc(NC(=O)CNC(=O)OCc3ccc(NC(=O)[C@H](CCCNC(N)=O)NC(=O)[C@@H](NC(=O)[C@H](CCC(=O)OC)NC(=O)CCOCCOCCOCCOCCNC(=O)CCC(=O)N4Cc5ccccc5C#Cc5ccccc54)C(C)C)cc3)cc2)CC(C)(C)C(=O)O)cs1)C(C)C. The van der Waals surface area contributed by atoms with Crippen molar-refractivity contribution in [1.82, 2.24) is 57.3 Å². The zero-order valence-electron chi connectivity index (χ0n) is 82.5. The van der Waals surface area contributed by atoms with Gasteiger partial charge in [0.05, 0.1) is 83.7 Å². The van der Waals surface area contributed by atoms with Crippen LogP contribution < -0.4 is 63.8 Å². The van der Waals surface area contributed by atoms with E-state index in [0.29, 0.717) is 60.0 Å². The molecule has 7 rings (SSSR count). The van der Waals surface area contributed by atoms with Gasteiger partial charge in [0.2, 0.25) is 53.2 Å². The molecular formula is C101H145N15O22S. The Kier molecular flexibility index (Phi) is 49.8. The van der Waals surface area contributed by atoms with Gasteiger partial charge in [-0.1, -0.05) is 147 Å². The number of nitrogens with one attached hydrogen (secondary N) is 10. The molecule has 0 bridgehead atoms. The van der Waals surface area contributed by atoms with Gasteiger partial charge in [0.15, 0.2) is 0 Å². The molecule has 37 nitrogen and oxygen atoms in total. The van der Waals surface area contributed by atoms with Crippen molar-refractivity contribution in [3.8, 4) is 11.8 Å². The Hall–Kier alpha value is -12.0. The number of amides is 13. The first-order valence-electron chi connectivity index (χ1n) is 48.3.